The van der Waals surface area contributed by atoms with Crippen LogP contribution in [0.2, 0.25) is 0 Å². The van der Waals surface area contributed by atoms with Gasteiger partial charge in [0.25, 0.3) is 0 Å². The molecule has 1 N–H and O–H groups in total. The van der Waals surface area contributed by atoms with Crippen LogP contribution in [0.25, 0.3) is 6.08 Å². The van der Waals surface area contributed by atoms with Crippen LogP contribution in [0.4, 0.5) is 5.69 Å². The Morgan fingerprint density at radius 3 is 2.36 bits per heavy atom. The van der Waals surface area contributed by atoms with E-state index in [-0.39, 0.29) is 41.3 Å². The minimum Gasteiger partial charge on any atom is -0.504 e. The van der Waals surface area contributed by atoms with Gasteiger partial charge in [0, 0.05) is 33.8 Å². The number of nitrogens with zero attached hydrogens (tertiary/aromatic N) is 1. The number of ether oxygens (including phenoxy) is 1. The molecule has 0 spiro atoms. The highest BCUT2D eigenvalue weighted by Crippen LogP contribution is 2.53. The predicted molar refractivity (Wildman–Crippen MR) is 175 cm³/mol. The number of hydrogen-bond donors (Lipinski definition) is 1. The fourth-order valence-corrected chi connectivity index (χ4v) is 7.44. The van der Waals surface area contributed by atoms with E-state index < -0.39 is 23.7 Å². The fraction of sp³-hybridized carbons (Fsp3) is 0.205. The maximum Gasteiger partial charge on any atom is 0.238 e. The molecule has 1 heterocycles. The van der Waals surface area contributed by atoms with Crippen LogP contribution in [-0.2, 0) is 19.2 Å². The second-order valence-corrected chi connectivity index (χ2v) is 12.3. The summed E-state index contributed by atoms with van der Waals surface area (Å²) < 4.78 is 5.24. The highest BCUT2D eigenvalue weighted by atomic mass is 16.5. The van der Waals surface area contributed by atoms with Gasteiger partial charge >= 0.3 is 0 Å². The van der Waals surface area contributed by atoms with E-state index in [1.165, 1.54) is 24.2 Å². The number of Topliss-reactive ketones (excluding diaryl/α,β-unsaturated/α-hetero) is 1. The number of ketones is 3. The molecule has 1 fully saturated rings. The highest BCUT2D eigenvalue weighted by molar-refractivity contribution is 6.25. The van der Waals surface area contributed by atoms with E-state index in [0.29, 0.717) is 51.3 Å². The molecule has 8 nitrogen and oxygen atoms in total. The van der Waals surface area contributed by atoms with Crippen LogP contribution in [0.5, 0.6) is 11.5 Å². The van der Waals surface area contributed by atoms with Gasteiger partial charge in [0.15, 0.2) is 28.8 Å². The van der Waals surface area contributed by atoms with E-state index in [4.69, 9.17) is 4.74 Å². The van der Waals surface area contributed by atoms with Crippen molar-refractivity contribution in [2.24, 2.45) is 23.7 Å². The number of methoxy groups -OCH3 is 1. The first-order valence-corrected chi connectivity index (χ1v) is 15.5. The van der Waals surface area contributed by atoms with Crippen molar-refractivity contribution in [3.8, 4) is 11.5 Å². The van der Waals surface area contributed by atoms with Crippen molar-refractivity contribution < 1.29 is 33.8 Å². The molecule has 0 saturated carbocycles. The molecule has 3 aromatic carbocycles. The second kappa shape index (κ2) is 11.6. The zero-order valence-corrected chi connectivity index (χ0v) is 25.8. The van der Waals surface area contributed by atoms with E-state index >= 15 is 0 Å². The van der Waals surface area contributed by atoms with E-state index in [9.17, 15) is 29.1 Å². The van der Waals surface area contributed by atoms with Crippen molar-refractivity contribution >= 4 is 40.9 Å². The Kier molecular flexibility index (Phi) is 7.43. The average molecular weight is 626 g/mol. The highest BCUT2D eigenvalue weighted by Gasteiger charge is 2.56. The van der Waals surface area contributed by atoms with Crippen molar-refractivity contribution in [1.82, 2.24) is 0 Å². The maximum atomic E-state index is 14.2. The summed E-state index contributed by atoms with van der Waals surface area (Å²) in [5, 5.41) is 10.0. The monoisotopic (exact) mass is 625 g/mol. The number of aromatic hydroxyl groups is 1. The number of imide groups is 1. The first-order chi connectivity index (χ1) is 22.7. The third-order valence-electron chi connectivity index (χ3n) is 9.72. The number of amides is 2. The van der Waals surface area contributed by atoms with Crippen LogP contribution in [-0.4, -0.2) is 41.4 Å². The Hall–Kier alpha value is -5.63. The summed E-state index contributed by atoms with van der Waals surface area (Å²) in [6.45, 7) is 1.62. The SMILES string of the molecule is COc1cc(C=CC2C3=CCC4C(=O)N(c5ccc(C(=O)c6ccccc6)cc5)C(=O)C4C3CC3=C2C(=O)C=C(C)C3=O)ccc1O. The van der Waals surface area contributed by atoms with Gasteiger partial charge in [0.05, 0.1) is 24.6 Å². The fourth-order valence-electron chi connectivity index (χ4n) is 7.44. The van der Waals surface area contributed by atoms with Gasteiger partial charge in [-0.25, -0.2) is 0 Å². The average Bonchev–Trinajstić information content (AvgIpc) is 3.35. The van der Waals surface area contributed by atoms with Crippen molar-refractivity contribution in [2.75, 3.05) is 12.0 Å². The van der Waals surface area contributed by atoms with Crippen molar-refractivity contribution in [1.29, 1.82) is 0 Å². The van der Waals surface area contributed by atoms with Crippen LogP contribution in [0.15, 0.2) is 113 Å². The normalized spacial score (nSPS) is 23.7. The smallest absolute Gasteiger partial charge is 0.238 e. The molecule has 0 bridgehead atoms. The van der Waals surface area contributed by atoms with Crippen LogP contribution >= 0.6 is 0 Å². The third-order valence-corrected chi connectivity index (χ3v) is 9.72. The Morgan fingerprint density at radius 1 is 0.915 bits per heavy atom. The largest absolute Gasteiger partial charge is 0.504 e. The molecule has 234 valence electrons. The van der Waals surface area contributed by atoms with Gasteiger partial charge in [-0.2, -0.15) is 0 Å². The predicted octanol–water partition coefficient (Wildman–Crippen LogP) is 5.81. The summed E-state index contributed by atoms with van der Waals surface area (Å²) in [6, 6.07) is 20.2. The zero-order chi connectivity index (χ0) is 33.0. The first kappa shape index (κ1) is 30.0. The molecule has 2 amide bonds. The van der Waals surface area contributed by atoms with Gasteiger partial charge in [0.1, 0.15) is 0 Å². The summed E-state index contributed by atoms with van der Waals surface area (Å²) in [7, 11) is 1.46. The van der Waals surface area contributed by atoms with Gasteiger partial charge in [-0.3, -0.25) is 28.9 Å². The van der Waals surface area contributed by atoms with Crippen molar-refractivity contribution in [3.63, 3.8) is 0 Å². The molecular weight excluding hydrogens is 594 g/mol. The molecule has 3 aliphatic carbocycles. The number of phenols is 1. The molecule has 0 radical (unpaired) electrons. The number of carbonyl (C=O) groups excluding carboxylic acids is 5. The number of fused-ring (bicyclic) bond motifs is 3. The summed E-state index contributed by atoms with van der Waals surface area (Å²) in [5.41, 5.74) is 4.06. The number of allylic oxidation sites excluding steroid dienone is 7. The Morgan fingerprint density at radius 2 is 1.64 bits per heavy atom. The Bertz CT molecular complexity index is 2000. The number of hydrogen-bond acceptors (Lipinski definition) is 7. The molecule has 4 atom stereocenters. The lowest BCUT2D eigenvalue weighted by atomic mass is 9.60. The standard InChI is InChI=1S/C39H31NO7/c1-21-18-32(42)34-27(14-8-22-9-17-31(41)33(19-22)47-2)26-15-16-28-35(29(26)20-30(34)36(21)43)39(46)40(38(28)45)25-12-10-24(11-13-25)37(44)23-6-4-3-5-7-23/h3-15,17-19,27-29,35,41H,16,20H2,1-2H3. The van der Waals surface area contributed by atoms with Crippen LogP contribution in [0.1, 0.15) is 41.3 Å². The van der Waals surface area contributed by atoms with Gasteiger partial charge in [-0.05, 0) is 73.7 Å². The maximum absolute atomic E-state index is 14.2. The lowest BCUT2D eigenvalue weighted by Crippen LogP contribution is -2.40. The molecule has 7 rings (SSSR count). The van der Waals surface area contributed by atoms with Gasteiger partial charge < -0.3 is 9.84 Å². The van der Waals surface area contributed by atoms with Crippen LogP contribution in [0, 0.1) is 23.7 Å². The molecular formula is C39H31NO7. The van der Waals surface area contributed by atoms with E-state index in [1.807, 2.05) is 24.3 Å². The van der Waals surface area contributed by atoms with Crippen molar-refractivity contribution in [3.05, 3.63) is 130 Å². The second-order valence-electron chi connectivity index (χ2n) is 12.3. The minimum absolute atomic E-state index is 0.00604. The Balaban J connectivity index is 1.23. The van der Waals surface area contributed by atoms with Gasteiger partial charge in [0.2, 0.25) is 11.8 Å². The Labute approximate surface area is 271 Å². The molecule has 8 heteroatoms. The molecule has 0 aromatic heterocycles. The van der Waals surface area contributed by atoms with Gasteiger partial charge in [-0.15, -0.1) is 0 Å². The number of rotatable bonds is 6. The molecule has 4 unspecified atom stereocenters. The minimum atomic E-state index is -0.707. The van der Waals surface area contributed by atoms with Gasteiger partial charge in [-0.1, -0.05) is 60.2 Å². The molecule has 4 aliphatic rings. The number of carbonyl (C=O) groups is 5. The summed E-state index contributed by atoms with van der Waals surface area (Å²) in [6.07, 6.45) is 7.49. The zero-order valence-electron chi connectivity index (χ0n) is 25.8. The van der Waals surface area contributed by atoms with Crippen LogP contribution < -0.4 is 9.64 Å². The van der Waals surface area contributed by atoms with E-state index in [1.54, 1.807) is 67.6 Å². The first-order valence-electron chi connectivity index (χ1n) is 15.5. The molecule has 3 aromatic rings. The quantitative estimate of drug-likeness (QED) is 0.159. The lowest BCUT2D eigenvalue weighted by molar-refractivity contribution is -0.123. The molecule has 1 saturated heterocycles. The van der Waals surface area contributed by atoms with Crippen molar-refractivity contribution in [2.45, 2.75) is 19.8 Å². The summed E-state index contributed by atoms with van der Waals surface area (Å²) in [5.74, 6) is -3.36. The summed E-state index contributed by atoms with van der Waals surface area (Å²) >= 11 is 0. The van der Waals surface area contributed by atoms with E-state index in [0.717, 1.165) is 5.57 Å². The number of benzene rings is 3. The lowest BCUT2D eigenvalue weighted by Gasteiger charge is -2.41. The number of phenolic OH excluding ortho intramolecular Hbond substituents is 1. The molecule has 1 aliphatic heterocycles. The number of anilines is 1. The van der Waals surface area contributed by atoms with E-state index in [2.05, 4.69) is 0 Å². The summed E-state index contributed by atoms with van der Waals surface area (Å²) in [4.78, 5) is 69.0. The van der Waals surface area contributed by atoms with Crippen LogP contribution in [0.3, 0.4) is 0 Å². The third kappa shape index (κ3) is 4.97. The molecule has 47 heavy (non-hydrogen) atoms. The topological polar surface area (TPSA) is 118 Å².